The van der Waals surface area contributed by atoms with Crippen LogP contribution in [0.4, 0.5) is 0 Å². The van der Waals surface area contributed by atoms with Gasteiger partial charge in [0.05, 0.1) is 0 Å². The maximum atomic E-state index is 12.5. The number of aromatic nitrogens is 1. The van der Waals surface area contributed by atoms with Crippen LogP contribution in [0.25, 0.3) is 0 Å². The van der Waals surface area contributed by atoms with Gasteiger partial charge in [0, 0.05) is 45.5 Å². The number of nitrogens with two attached hydrogens (primary N) is 1. The molecule has 4 rings (SSSR count). The van der Waals surface area contributed by atoms with E-state index in [4.69, 9.17) is 5.73 Å². The van der Waals surface area contributed by atoms with Crippen LogP contribution >= 0.6 is 0 Å². The molecule has 1 aromatic heterocycles. The van der Waals surface area contributed by atoms with Gasteiger partial charge >= 0.3 is 0 Å². The zero-order valence-electron chi connectivity index (χ0n) is 19.4. The first-order valence-electron chi connectivity index (χ1n) is 11.7. The summed E-state index contributed by atoms with van der Waals surface area (Å²) in [6.07, 6.45) is 9.27. The maximum absolute atomic E-state index is 12.5. The summed E-state index contributed by atoms with van der Waals surface area (Å²) in [5.74, 6) is -0.390. The van der Waals surface area contributed by atoms with E-state index in [-0.39, 0.29) is 5.91 Å². The van der Waals surface area contributed by atoms with Crippen molar-refractivity contribution in [2.24, 2.45) is 12.8 Å². The Labute approximate surface area is 195 Å². The summed E-state index contributed by atoms with van der Waals surface area (Å²) in [5.41, 5.74) is 6.58. The van der Waals surface area contributed by atoms with Crippen LogP contribution in [0.3, 0.4) is 0 Å². The van der Waals surface area contributed by atoms with Gasteiger partial charge in [-0.25, -0.2) is 0 Å². The number of nitrogens with zero attached hydrogens (tertiary/aromatic N) is 3. The van der Waals surface area contributed by atoms with Gasteiger partial charge in [-0.15, -0.1) is 0 Å². The van der Waals surface area contributed by atoms with Crippen LogP contribution in [0.2, 0.25) is 0 Å². The molecule has 1 aliphatic carbocycles. The van der Waals surface area contributed by atoms with Gasteiger partial charge in [-0.3, -0.25) is 19.3 Å². The molecule has 1 atom stereocenters. The Balaban J connectivity index is 0.000000205. The quantitative estimate of drug-likeness (QED) is 0.654. The fraction of sp³-hybridized carbons (Fsp3) is 0.480. The van der Waals surface area contributed by atoms with Gasteiger partial charge in [-0.2, -0.15) is 0 Å². The molecule has 1 saturated carbocycles. The van der Waals surface area contributed by atoms with Crippen LogP contribution in [0, 0.1) is 0 Å². The molecule has 8 nitrogen and oxygen atoms in total. The highest BCUT2D eigenvalue weighted by molar-refractivity contribution is 5.92. The third kappa shape index (κ3) is 6.68. The van der Waals surface area contributed by atoms with E-state index in [0.29, 0.717) is 12.0 Å². The molecule has 2 heterocycles. The summed E-state index contributed by atoms with van der Waals surface area (Å²) in [6, 6.07) is 12.7. The first kappa shape index (κ1) is 24.5. The molecule has 2 aliphatic rings. The third-order valence-corrected chi connectivity index (χ3v) is 6.51. The summed E-state index contributed by atoms with van der Waals surface area (Å²) >= 11 is 0. The molecule has 0 spiro atoms. The van der Waals surface area contributed by atoms with Crippen molar-refractivity contribution in [3.8, 4) is 0 Å². The predicted molar refractivity (Wildman–Crippen MR) is 127 cm³/mol. The van der Waals surface area contributed by atoms with E-state index in [9.17, 15) is 14.4 Å². The van der Waals surface area contributed by atoms with Gasteiger partial charge in [0.1, 0.15) is 11.7 Å². The maximum Gasteiger partial charge on any atom is 0.270 e. The minimum atomic E-state index is -0.737. The van der Waals surface area contributed by atoms with Crippen LogP contribution < -0.4 is 11.1 Å². The van der Waals surface area contributed by atoms with E-state index in [1.807, 2.05) is 40.9 Å². The fourth-order valence-corrected chi connectivity index (χ4v) is 4.64. The molecule has 3 N–H and O–H groups in total. The van der Waals surface area contributed by atoms with Crippen LogP contribution in [0.1, 0.15) is 54.2 Å². The zero-order valence-corrected chi connectivity index (χ0v) is 19.4. The Morgan fingerprint density at radius 1 is 1.00 bits per heavy atom. The predicted octanol–water partition coefficient (Wildman–Crippen LogP) is 2.07. The lowest BCUT2D eigenvalue weighted by atomic mass is 9.94. The number of hydrogen-bond donors (Lipinski definition) is 2. The highest BCUT2D eigenvalue weighted by Crippen LogP contribution is 2.23. The van der Waals surface area contributed by atoms with Crippen LogP contribution in [0.15, 0.2) is 48.7 Å². The molecule has 1 aliphatic heterocycles. The Bertz CT molecular complexity index is 900. The Morgan fingerprint density at radius 3 is 2.21 bits per heavy atom. The van der Waals surface area contributed by atoms with Crippen molar-refractivity contribution >= 4 is 18.2 Å². The van der Waals surface area contributed by atoms with Gasteiger partial charge in [0.25, 0.3) is 5.91 Å². The molecule has 0 radical (unpaired) electrons. The summed E-state index contributed by atoms with van der Waals surface area (Å²) < 4.78 is 1.91. The van der Waals surface area contributed by atoms with E-state index in [0.717, 1.165) is 37.9 Å². The second-order valence-corrected chi connectivity index (χ2v) is 8.65. The average Bonchev–Trinajstić information content (AvgIpc) is 3.29. The molecule has 2 fully saturated rings. The summed E-state index contributed by atoms with van der Waals surface area (Å²) in [6.45, 7) is 3.84. The summed E-state index contributed by atoms with van der Waals surface area (Å²) in [7, 11) is 1.94. The van der Waals surface area contributed by atoms with Gasteiger partial charge < -0.3 is 20.5 Å². The number of hydrogen-bond acceptors (Lipinski definition) is 4. The van der Waals surface area contributed by atoms with E-state index in [2.05, 4.69) is 10.2 Å². The fourth-order valence-electron chi connectivity index (χ4n) is 4.64. The number of rotatable bonds is 6. The minimum absolute atomic E-state index is 0.181. The van der Waals surface area contributed by atoms with Gasteiger partial charge in [0.2, 0.25) is 12.3 Å². The molecule has 2 aromatic rings. The number of carbonyl (C=O) groups excluding carboxylic acids is 3. The molecule has 178 valence electrons. The lowest BCUT2D eigenvalue weighted by molar-refractivity contribution is -0.122. The summed E-state index contributed by atoms with van der Waals surface area (Å²) in [4.78, 5) is 38.1. The lowest BCUT2D eigenvalue weighted by Crippen LogP contribution is -2.52. The topological polar surface area (TPSA) is 101 Å². The number of benzene rings is 1. The first-order chi connectivity index (χ1) is 16.0. The van der Waals surface area contributed by atoms with Crippen molar-refractivity contribution in [3.63, 3.8) is 0 Å². The van der Waals surface area contributed by atoms with Crippen molar-refractivity contribution < 1.29 is 14.4 Å². The number of carbonyl (C=O) groups is 3. The van der Waals surface area contributed by atoms with Gasteiger partial charge in [-0.05, 0) is 30.5 Å². The van der Waals surface area contributed by atoms with Gasteiger partial charge in [-0.1, -0.05) is 49.6 Å². The average molecular weight is 454 g/mol. The second-order valence-electron chi connectivity index (χ2n) is 8.65. The number of primary amides is 1. The molecule has 8 heteroatoms. The van der Waals surface area contributed by atoms with E-state index in [1.165, 1.54) is 32.1 Å². The standard InChI is InChI=1S/C16H25N3O.C9H10N2O2/c1-17-9-5-8-15(17)16(20)19-12-10-18(11-13-19)14-6-3-2-4-7-14;10-9(13)8(11-6-12)7-4-2-1-3-5-7/h5,8-9,14H,2-4,6-7,10-13H2,1H3;1-6,8H,(H2,10,13)(H,11,12). The summed E-state index contributed by atoms with van der Waals surface area (Å²) in [5, 5.41) is 2.34. The Kier molecular flexibility index (Phi) is 9.06. The zero-order chi connectivity index (χ0) is 23.6. The number of aryl methyl sites for hydroxylation is 1. The smallest absolute Gasteiger partial charge is 0.270 e. The lowest BCUT2D eigenvalue weighted by Gasteiger charge is -2.40. The van der Waals surface area contributed by atoms with Crippen LogP contribution in [-0.4, -0.2) is 64.8 Å². The molecular weight excluding hydrogens is 418 g/mol. The molecule has 33 heavy (non-hydrogen) atoms. The van der Waals surface area contributed by atoms with Crippen molar-refractivity contribution in [3.05, 3.63) is 59.9 Å². The molecule has 0 bridgehead atoms. The third-order valence-electron chi connectivity index (χ3n) is 6.51. The van der Waals surface area contributed by atoms with Gasteiger partial charge in [0.15, 0.2) is 0 Å². The normalized spacial score (nSPS) is 18.0. The molecular formula is C25H35N5O3. The number of nitrogens with one attached hydrogen (secondary N) is 1. The molecule has 1 aromatic carbocycles. The van der Waals surface area contributed by atoms with Crippen LogP contribution in [0.5, 0.6) is 0 Å². The Morgan fingerprint density at radius 2 is 1.67 bits per heavy atom. The first-order valence-corrected chi connectivity index (χ1v) is 11.7. The van der Waals surface area contributed by atoms with E-state index >= 15 is 0 Å². The van der Waals surface area contributed by atoms with Crippen molar-refractivity contribution in [2.75, 3.05) is 26.2 Å². The van der Waals surface area contributed by atoms with Crippen molar-refractivity contribution in [1.29, 1.82) is 0 Å². The molecule has 1 saturated heterocycles. The SMILES string of the molecule is Cn1cccc1C(=O)N1CCN(C2CCCCC2)CC1.NC(=O)C(NC=O)c1ccccc1. The monoisotopic (exact) mass is 453 g/mol. The van der Waals surface area contributed by atoms with E-state index in [1.54, 1.807) is 24.3 Å². The van der Waals surface area contributed by atoms with Crippen molar-refractivity contribution in [1.82, 2.24) is 19.7 Å². The number of amides is 3. The van der Waals surface area contributed by atoms with Crippen molar-refractivity contribution in [2.45, 2.75) is 44.2 Å². The largest absolute Gasteiger partial charge is 0.368 e. The minimum Gasteiger partial charge on any atom is -0.368 e. The highest BCUT2D eigenvalue weighted by atomic mass is 16.2. The molecule has 3 amide bonds. The molecule has 1 unspecified atom stereocenters. The highest BCUT2D eigenvalue weighted by Gasteiger charge is 2.28. The second kappa shape index (κ2) is 12.2. The van der Waals surface area contributed by atoms with E-state index < -0.39 is 11.9 Å². The van der Waals surface area contributed by atoms with Crippen LogP contribution in [-0.2, 0) is 16.6 Å². The number of piperazine rings is 1. The Hall–Kier alpha value is -3.13.